The van der Waals surface area contributed by atoms with Crippen molar-refractivity contribution >= 4 is 23.6 Å². The van der Waals surface area contributed by atoms with Crippen LogP contribution in [-0.4, -0.2) is 52.7 Å². The fraction of sp³-hybridized carbons (Fsp3) is 0.474. The highest BCUT2D eigenvalue weighted by atomic mass is 16.2. The van der Waals surface area contributed by atoms with Crippen molar-refractivity contribution in [2.45, 2.75) is 49.9 Å². The van der Waals surface area contributed by atoms with Gasteiger partial charge < -0.3 is 10.6 Å². The van der Waals surface area contributed by atoms with E-state index in [4.69, 9.17) is 0 Å². The van der Waals surface area contributed by atoms with E-state index in [9.17, 15) is 19.2 Å². The Balaban J connectivity index is 1.41. The van der Waals surface area contributed by atoms with Gasteiger partial charge in [-0.25, -0.2) is 0 Å². The number of carbonyl (C=O) groups is 4. The van der Waals surface area contributed by atoms with Gasteiger partial charge in [0.25, 0.3) is 11.8 Å². The maximum Gasteiger partial charge on any atom is 0.262 e. The van der Waals surface area contributed by atoms with Crippen molar-refractivity contribution in [1.29, 1.82) is 0 Å². The van der Waals surface area contributed by atoms with Gasteiger partial charge in [-0.3, -0.25) is 29.4 Å². The Labute approximate surface area is 155 Å². The van der Waals surface area contributed by atoms with Gasteiger partial charge in [-0.15, -0.1) is 0 Å². The van der Waals surface area contributed by atoms with Crippen molar-refractivity contribution in [3.8, 4) is 0 Å². The van der Waals surface area contributed by atoms with Crippen molar-refractivity contribution in [3.63, 3.8) is 0 Å². The molecule has 2 bridgehead atoms. The first kappa shape index (κ1) is 16.6. The summed E-state index contributed by atoms with van der Waals surface area (Å²) in [4.78, 5) is 50.4. The van der Waals surface area contributed by atoms with Gasteiger partial charge in [0.15, 0.2) is 0 Å². The van der Waals surface area contributed by atoms with Crippen LogP contribution in [-0.2, 0) is 16.1 Å². The topological polar surface area (TPSA) is 108 Å². The Kier molecular flexibility index (Phi) is 3.50. The standard InChI is InChI=1S/C19H20N4O4/c24-14-5-4-13(16(25)22-14)23-17(26)12-3-1-2-10(15(12)18(23)27)8-21-19-6-11(7-19)20-9-19/h1-3,11,13,20-21H,4-9H2,(H,22,24,25). The number of rotatable bonds is 4. The molecule has 1 aromatic rings. The molecule has 1 atom stereocenters. The highest BCUT2D eigenvalue weighted by Gasteiger charge is 2.50. The SMILES string of the molecule is O=C1CCC(N2C(=O)c3cccc(CNC45CNC(C4)C5)c3C2=O)C(=O)N1. The van der Waals surface area contributed by atoms with E-state index in [0.717, 1.165) is 29.8 Å². The summed E-state index contributed by atoms with van der Waals surface area (Å²) in [5.74, 6) is -1.87. The van der Waals surface area contributed by atoms with Gasteiger partial charge in [-0.1, -0.05) is 12.1 Å². The average Bonchev–Trinajstić information content (AvgIpc) is 3.28. The molecule has 1 saturated carbocycles. The van der Waals surface area contributed by atoms with Crippen molar-refractivity contribution < 1.29 is 19.2 Å². The third-order valence-electron chi connectivity index (χ3n) is 6.21. The lowest BCUT2D eigenvalue weighted by atomic mass is 9.78. The van der Waals surface area contributed by atoms with E-state index in [1.807, 2.05) is 6.07 Å². The van der Waals surface area contributed by atoms with Crippen LogP contribution in [0.25, 0.3) is 0 Å². The molecule has 8 heteroatoms. The van der Waals surface area contributed by atoms with Gasteiger partial charge in [0.1, 0.15) is 6.04 Å². The van der Waals surface area contributed by atoms with Crippen LogP contribution in [0.15, 0.2) is 18.2 Å². The number of fused-ring (bicyclic) bond motifs is 2. The Morgan fingerprint density at radius 3 is 2.67 bits per heavy atom. The highest BCUT2D eigenvalue weighted by Crippen LogP contribution is 2.38. The summed E-state index contributed by atoms with van der Waals surface area (Å²) in [6.45, 7) is 1.42. The quantitative estimate of drug-likeness (QED) is 0.629. The number of amides is 4. The lowest BCUT2D eigenvalue weighted by Gasteiger charge is -2.38. The third-order valence-corrected chi connectivity index (χ3v) is 6.21. The maximum atomic E-state index is 13.0. The summed E-state index contributed by atoms with van der Waals surface area (Å²) in [6.07, 6.45) is 2.45. The predicted molar refractivity (Wildman–Crippen MR) is 93.7 cm³/mol. The second-order valence-corrected chi connectivity index (χ2v) is 7.91. The molecule has 6 rings (SSSR count). The van der Waals surface area contributed by atoms with E-state index in [2.05, 4.69) is 16.0 Å². The van der Waals surface area contributed by atoms with Crippen molar-refractivity contribution in [3.05, 3.63) is 34.9 Å². The summed E-state index contributed by atoms with van der Waals surface area (Å²) in [5, 5.41) is 9.20. The van der Waals surface area contributed by atoms with E-state index in [1.165, 1.54) is 0 Å². The fourth-order valence-electron chi connectivity index (χ4n) is 4.73. The Hall–Kier alpha value is -2.58. The van der Waals surface area contributed by atoms with Crippen LogP contribution in [0.4, 0.5) is 0 Å². The summed E-state index contributed by atoms with van der Waals surface area (Å²) in [7, 11) is 0. The van der Waals surface area contributed by atoms with Crippen LogP contribution in [0.5, 0.6) is 0 Å². The van der Waals surface area contributed by atoms with E-state index in [0.29, 0.717) is 23.7 Å². The summed E-state index contributed by atoms with van der Waals surface area (Å²) < 4.78 is 0. The number of hydrogen-bond acceptors (Lipinski definition) is 6. The third kappa shape index (κ3) is 2.44. The van der Waals surface area contributed by atoms with Crippen molar-refractivity contribution in [1.82, 2.24) is 20.9 Å². The molecule has 4 heterocycles. The minimum Gasteiger partial charge on any atom is -0.312 e. The summed E-state index contributed by atoms with van der Waals surface area (Å²) in [6, 6.07) is 4.90. The Bertz CT molecular complexity index is 884. The molecule has 1 aromatic carbocycles. The monoisotopic (exact) mass is 368 g/mol. The number of piperidine rings is 1. The molecule has 0 spiro atoms. The molecule has 1 aliphatic carbocycles. The number of imide groups is 2. The van der Waals surface area contributed by atoms with E-state index in [1.54, 1.807) is 12.1 Å². The Morgan fingerprint density at radius 1 is 1.15 bits per heavy atom. The minimum absolute atomic E-state index is 0.0857. The highest BCUT2D eigenvalue weighted by molar-refractivity contribution is 6.24. The van der Waals surface area contributed by atoms with Crippen LogP contribution in [0.2, 0.25) is 0 Å². The second-order valence-electron chi connectivity index (χ2n) is 7.91. The van der Waals surface area contributed by atoms with Crippen LogP contribution in [0.3, 0.4) is 0 Å². The molecule has 4 aliphatic heterocycles. The fourth-order valence-corrected chi connectivity index (χ4v) is 4.73. The van der Waals surface area contributed by atoms with Gasteiger partial charge in [-0.05, 0) is 30.9 Å². The zero-order valence-electron chi connectivity index (χ0n) is 14.7. The zero-order chi connectivity index (χ0) is 18.8. The molecule has 3 N–H and O–H groups in total. The smallest absolute Gasteiger partial charge is 0.262 e. The molecule has 8 nitrogen and oxygen atoms in total. The van der Waals surface area contributed by atoms with E-state index < -0.39 is 23.8 Å². The van der Waals surface area contributed by atoms with Crippen LogP contribution < -0.4 is 16.0 Å². The summed E-state index contributed by atoms with van der Waals surface area (Å²) >= 11 is 0. The molecule has 27 heavy (non-hydrogen) atoms. The summed E-state index contributed by atoms with van der Waals surface area (Å²) in [5.41, 5.74) is 1.56. The van der Waals surface area contributed by atoms with Gasteiger partial charge >= 0.3 is 0 Å². The second kappa shape index (κ2) is 5.71. The number of carbonyl (C=O) groups excluding carboxylic acids is 4. The molecule has 0 radical (unpaired) electrons. The van der Waals surface area contributed by atoms with Crippen molar-refractivity contribution in [2.75, 3.05) is 6.54 Å². The molecule has 4 fully saturated rings. The van der Waals surface area contributed by atoms with E-state index >= 15 is 0 Å². The van der Waals surface area contributed by atoms with Crippen molar-refractivity contribution in [2.24, 2.45) is 0 Å². The molecule has 5 aliphatic rings. The van der Waals surface area contributed by atoms with E-state index in [-0.39, 0.29) is 24.3 Å². The first-order valence-electron chi connectivity index (χ1n) is 9.29. The molecular formula is C19H20N4O4. The minimum atomic E-state index is -0.930. The van der Waals surface area contributed by atoms with Crippen LogP contribution >= 0.6 is 0 Å². The largest absolute Gasteiger partial charge is 0.312 e. The molecular weight excluding hydrogens is 348 g/mol. The molecule has 0 aromatic heterocycles. The van der Waals surface area contributed by atoms with Gasteiger partial charge in [0.2, 0.25) is 11.8 Å². The van der Waals surface area contributed by atoms with Gasteiger partial charge in [0, 0.05) is 31.1 Å². The number of hydrogen-bond donors (Lipinski definition) is 3. The molecule has 4 amide bonds. The first-order chi connectivity index (χ1) is 13.0. The normalized spacial score (nSPS) is 31.8. The number of nitrogens with zero attached hydrogens (tertiary/aromatic N) is 1. The molecule has 140 valence electrons. The lowest BCUT2D eigenvalue weighted by Crippen LogP contribution is -2.54. The molecule has 1 unspecified atom stereocenters. The maximum absolute atomic E-state index is 13.0. The van der Waals surface area contributed by atoms with Crippen LogP contribution in [0, 0.1) is 0 Å². The predicted octanol–water partition coefficient (Wildman–Crippen LogP) is -0.318. The number of nitrogens with one attached hydrogen (secondary N) is 3. The zero-order valence-corrected chi connectivity index (χ0v) is 14.7. The first-order valence-corrected chi connectivity index (χ1v) is 9.29. The lowest BCUT2D eigenvalue weighted by molar-refractivity contribution is -0.136. The van der Waals surface area contributed by atoms with Gasteiger partial charge in [-0.2, -0.15) is 0 Å². The Morgan fingerprint density at radius 2 is 1.96 bits per heavy atom. The van der Waals surface area contributed by atoms with Crippen LogP contribution in [0.1, 0.15) is 52.0 Å². The average molecular weight is 368 g/mol. The molecule has 3 saturated heterocycles. The number of benzene rings is 1. The van der Waals surface area contributed by atoms with Gasteiger partial charge in [0.05, 0.1) is 11.1 Å².